The van der Waals surface area contributed by atoms with Gasteiger partial charge in [0.2, 0.25) is 0 Å². The monoisotopic (exact) mass is 352 g/mol. The second kappa shape index (κ2) is 6.40. The van der Waals surface area contributed by atoms with Crippen LogP contribution in [0.5, 0.6) is 0 Å². The maximum Gasteiger partial charge on any atom is 0.289 e. The number of hydrogen-bond acceptors (Lipinski definition) is 5. The molecule has 0 spiro atoms. The molecule has 8 nitrogen and oxygen atoms in total. The van der Waals surface area contributed by atoms with Crippen molar-refractivity contribution in [1.82, 2.24) is 18.8 Å². The van der Waals surface area contributed by atoms with E-state index in [2.05, 4.69) is 4.98 Å². The summed E-state index contributed by atoms with van der Waals surface area (Å²) in [7, 11) is -1.89. The summed E-state index contributed by atoms with van der Waals surface area (Å²) < 4.78 is 33.7. The van der Waals surface area contributed by atoms with Crippen molar-refractivity contribution in [3.8, 4) is 0 Å². The van der Waals surface area contributed by atoms with Crippen molar-refractivity contribution >= 4 is 15.9 Å². The Bertz CT molecular complexity index is 806. The standard InChI is InChI=1S/C15H20N4O4S/c1-12-16-14(11-17(12)2)24(21,22)19-7-4-6-18(8-9-19)15(20)13-5-3-10-23-13/h3,5,10-11H,4,6-9H2,1-2H3. The van der Waals surface area contributed by atoms with Crippen LogP contribution in [0.1, 0.15) is 22.8 Å². The van der Waals surface area contributed by atoms with Crippen LogP contribution in [0.3, 0.4) is 0 Å². The summed E-state index contributed by atoms with van der Waals surface area (Å²) in [4.78, 5) is 18.1. The lowest BCUT2D eigenvalue weighted by Gasteiger charge is -2.20. The van der Waals surface area contributed by atoms with E-state index in [1.54, 1.807) is 35.6 Å². The van der Waals surface area contributed by atoms with E-state index in [1.165, 1.54) is 16.8 Å². The number of aryl methyl sites for hydroxylation is 2. The summed E-state index contributed by atoms with van der Waals surface area (Å²) in [6, 6.07) is 3.27. The van der Waals surface area contributed by atoms with Gasteiger partial charge in [-0.05, 0) is 25.5 Å². The molecule has 2 aromatic rings. The lowest BCUT2D eigenvalue weighted by atomic mass is 10.3. The van der Waals surface area contributed by atoms with Crippen molar-refractivity contribution < 1.29 is 17.6 Å². The number of amides is 1. The van der Waals surface area contributed by atoms with E-state index in [0.717, 1.165) is 0 Å². The van der Waals surface area contributed by atoms with Crippen LogP contribution in [0, 0.1) is 6.92 Å². The SMILES string of the molecule is Cc1nc(S(=O)(=O)N2CCCN(C(=O)c3ccco3)CC2)cn1C. The van der Waals surface area contributed by atoms with Gasteiger partial charge in [-0.3, -0.25) is 4.79 Å². The van der Waals surface area contributed by atoms with Gasteiger partial charge in [0.1, 0.15) is 5.82 Å². The summed E-state index contributed by atoms with van der Waals surface area (Å²) in [6.45, 7) is 3.17. The van der Waals surface area contributed by atoms with Gasteiger partial charge in [0, 0.05) is 39.4 Å². The molecular weight excluding hydrogens is 332 g/mol. The zero-order valence-corrected chi connectivity index (χ0v) is 14.5. The topological polar surface area (TPSA) is 88.7 Å². The molecule has 1 saturated heterocycles. The van der Waals surface area contributed by atoms with E-state index in [1.807, 2.05) is 0 Å². The summed E-state index contributed by atoms with van der Waals surface area (Å²) in [5.41, 5.74) is 0. The first-order chi connectivity index (χ1) is 11.4. The molecule has 0 N–H and O–H groups in total. The molecule has 0 radical (unpaired) electrons. The maximum absolute atomic E-state index is 12.7. The molecule has 2 aromatic heterocycles. The number of hydrogen-bond donors (Lipinski definition) is 0. The Labute approximate surface area is 140 Å². The number of furan rings is 1. The Morgan fingerprint density at radius 2 is 2.04 bits per heavy atom. The molecule has 0 saturated carbocycles. The Morgan fingerprint density at radius 3 is 2.67 bits per heavy atom. The largest absolute Gasteiger partial charge is 0.459 e. The highest BCUT2D eigenvalue weighted by molar-refractivity contribution is 7.89. The third kappa shape index (κ3) is 3.09. The predicted molar refractivity (Wildman–Crippen MR) is 85.9 cm³/mol. The highest BCUT2D eigenvalue weighted by atomic mass is 32.2. The normalized spacial score (nSPS) is 17.0. The third-order valence-electron chi connectivity index (χ3n) is 4.16. The van der Waals surface area contributed by atoms with Crippen molar-refractivity contribution in [2.45, 2.75) is 18.4 Å². The number of aromatic nitrogens is 2. The highest BCUT2D eigenvalue weighted by Crippen LogP contribution is 2.18. The van der Waals surface area contributed by atoms with Gasteiger partial charge in [0.25, 0.3) is 15.9 Å². The van der Waals surface area contributed by atoms with Gasteiger partial charge < -0.3 is 13.9 Å². The second-order valence-corrected chi connectivity index (χ2v) is 7.65. The molecule has 9 heteroatoms. The van der Waals surface area contributed by atoms with Gasteiger partial charge in [-0.1, -0.05) is 0 Å². The minimum absolute atomic E-state index is 0.0494. The fourth-order valence-corrected chi connectivity index (χ4v) is 4.17. The van der Waals surface area contributed by atoms with Gasteiger partial charge in [0.15, 0.2) is 10.8 Å². The highest BCUT2D eigenvalue weighted by Gasteiger charge is 2.30. The van der Waals surface area contributed by atoms with E-state index < -0.39 is 10.0 Å². The fourth-order valence-electron chi connectivity index (χ4n) is 2.68. The van der Waals surface area contributed by atoms with Gasteiger partial charge in [-0.25, -0.2) is 13.4 Å². The van der Waals surface area contributed by atoms with E-state index in [-0.39, 0.29) is 23.2 Å². The Morgan fingerprint density at radius 1 is 1.25 bits per heavy atom. The number of carbonyl (C=O) groups excluding carboxylic acids is 1. The first-order valence-corrected chi connectivity index (χ1v) is 9.16. The molecule has 0 aromatic carbocycles. The third-order valence-corrected chi connectivity index (χ3v) is 5.94. The smallest absolute Gasteiger partial charge is 0.289 e. The molecule has 1 aliphatic heterocycles. The predicted octanol–water partition coefficient (Wildman–Crippen LogP) is 0.858. The minimum Gasteiger partial charge on any atom is -0.459 e. The zero-order chi connectivity index (χ0) is 17.3. The van der Waals surface area contributed by atoms with Crippen molar-refractivity contribution in [2.24, 2.45) is 7.05 Å². The maximum atomic E-state index is 12.7. The number of nitrogens with zero attached hydrogens (tertiary/aromatic N) is 4. The molecule has 1 fully saturated rings. The Balaban J connectivity index is 1.74. The molecule has 3 heterocycles. The van der Waals surface area contributed by atoms with Crippen LogP contribution in [-0.4, -0.2) is 59.3 Å². The quantitative estimate of drug-likeness (QED) is 0.817. The molecule has 1 aliphatic rings. The molecule has 24 heavy (non-hydrogen) atoms. The molecule has 3 rings (SSSR count). The lowest BCUT2D eigenvalue weighted by Crippen LogP contribution is -2.37. The summed E-state index contributed by atoms with van der Waals surface area (Å²) in [6.07, 6.45) is 3.53. The van der Waals surface area contributed by atoms with Gasteiger partial charge >= 0.3 is 0 Å². The van der Waals surface area contributed by atoms with Gasteiger partial charge in [-0.2, -0.15) is 4.31 Å². The molecule has 0 bridgehead atoms. The number of sulfonamides is 1. The van der Waals surface area contributed by atoms with Crippen LogP contribution in [0.2, 0.25) is 0 Å². The molecule has 0 unspecified atom stereocenters. The minimum atomic E-state index is -3.65. The van der Waals surface area contributed by atoms with E-state index in [4.69, 9.17) is 4.42 Å². The molecule has 1 amide bonds. The Hall–Kier alpha value is -2.13. The van der Waals surface area contributed by atoms with Crippen LogP contribution in [0.4, 0.5) is 0 Å². The number of rotatable bonds is 3. The molecule has 0 atom stereocenters. The molecule has 0 aliphatic carbocycles. The van der Waals surface area contributed by atoms with Gasteiger partial charge in [-0.15, -0.1) is 0 Å². The number of imidazole rings is 1. The van der Waals surface area contributed by atoms with Crippen molar-refractivity contribution in [2.75, 3.05) is 26.2 Å². The van der Waals surface area contributed by atoms with Crippen LogP contribution < -0.4 is 0 Å². The van der Waals surface area contributed by atoms with Crippen molar-refractivity contribution in [1.29, 1.82) is 0 Å². The van der Waals surface area contributed by atoms with Crippen LogP contribution in [0.25, 0.3) is 0 Å². The van der Waals surface area contributed by atoms with Crippen molar-refractivity contribution in [3.05, 3.63) is 36.2 Å². The van der Waals surface area contributed by atoms with E-state index >= 15 is 0 Å². The summed E-state index contributed by atoms with van der Waals surface area (Å²) in [5.74, 6) is 0.692. The van der Waals surface area contributed by atoms with Crippen molar-refractivity contribution in [3.63, 3.8) is 0 Å². The first kappa shape index (κ1) is 16.7. The van der Waals surface area contributed by atoms with Gasteiger partial charge in [0.05, 0.1) is 6.26 Å². The fraction of sp³-hybridized carbons (Fsp3) is 0.467. The first-order valence-electron chi connectivity index (χ1n) is 7.72. The van der Waals surface area contributed by atoms with Crippen LogP contribution in [0.15, 0.2) is 34.0 Å². The van der Waals surface area contributed by atoms with Crippen LogP contribution >= 0.6 is 0 Å². The van der Waals surface area contributed by atoms with E-state index in [0.29, 0.717) is 31.9 Å². The van der Waals surface area contributed by atoms with Crippen LogP contribution in [-0.2, 0) is 17.1 Å². The van der Waals surface area contributed by atoms with E-state index in [9.17, 15) is 13.2 Å². The molecular formula is C15H20N4O4S. The molecule has 130 valence electrons. The average Bonchev–Trinajstić information content (AvgIpc) is 3.11. The second-order valence-electron chi connectivity index (χ2n) is 5.76. The average molecular weight is 352 g/mol. The lowest BCUT2D eigenvalue weighted by molar-refractivity contribution is 0.0732. The summed E-state index contributed by atoms with van der Waals surface area (Å²) in [5, 5.41) is 0.0494. The Kier molecular flexibility index (Phi) is 4.46. The zero-order valence-electron chi connectivity index (χ0n) is 13.7. The number of carbonyl (C=O) groups is 1. The summed E-state index contributed by atoms with van der Waals surface area (Å²) >= 11 is 0.